The van der Waals surface area contributed by atoms with Crippen LogP contribution in [-0.4, -0.2) is 22.2 Å². The maximum atomic E-state index is 9.44. The van der Waals surface area contributed by atoms with E-state index >= 15 is 0 Å². The number of aliphatic hydroxyl groups is 1. The highest BCUT2D eigenvalue weighted by atomic mass is 79.9. The van der Waals surface area contributed by atoms with E-state index in [4.69, 9.17) is 0 Å². The van der Waals surface area contributed by atoms with E-state index in [9.17, 15) is 5.11 Å². The predicted molar refractivity (Wildman–Crippen MR) is 69.6 cm³/mol. The van der Waals surface area contributed by atoms with Gasteiger partial charge in [-0.15, -0.1) is 11.3 Å². The van der Waals surface area contributed by atoms with Crippen LogP contribution >= 0.6 is 27.3 Å². The van der Waals surface area contributed by atoms with Crippen LogP contribution in [0.4, 0.5) is 0 Å². The van der Waals surface area contributed by atoms with Gasteiger partial charge in [0.15, 0.2) is 0 Å². The molecule has 0 aliphatic heterocycles. The lowest BCUT2D eigenvalue weighted by Crippen LogP contribution is -2.36. The number of halogens is 1. The van der Waals surface area contributed by atoms with Crippen molar-refractivity contribution in [1.29, 1.82) is 0 Å². The second-order valence-electron chi connectivity index (χ2n) is 4.40. The Bertz CT molecular complexity index is 336. The molecule has 2 N–H and O–H groups in total. The lowest BCUT2D eigenvalue weighted by atomic mass is 9.93. The van der Waals surface area contributed by atoms with Crippen molar-refractivity contribution in [3.63, 3.8) is 0 Å². The molecule has 3 nitrogen and oxygen atoms in total. The highest BCUT2D eigenvalue weighted by molar-refractivity contribution is 9.11. The minimum absolute atomic E-state index is 0.0811. The van der Waals surface area contributed by atoms with Crippen LogP contribution in [0, 0.1) is 0 Å². The van der Waals surface area contributed by atoms with Gasteiger partial charge in [-0.1, -0.05) is 0 Å². The molecule has 1 heterocycles. The minimum atomic E-state index is -0.0811. The van der Waals surface area contributed by atoms with Crippen molar-refractivity contribution >= 4 is 27.3 Å². The van der Waals surface area contributed by atoms with Gasteiger partial charge in [-0.3, -0.25) is 0 Å². The Morgan fingerprint density at radius 3 is 2.75 bits per heavy atom. The van der Waals surface area contributed by atoms with Gasteiger partial charge < -0.3 is 10.4 Å². The average Bonchev–Trinajstić information content (AvgIpc) is 2.68. The third kappa shape index (κ3) is 3.26. The Kier molecular flexibility index (Phi) is 4.35. The molecule has 0 bridgehead atoms. The monoisotopic (exact) mass is 304 g/mol. The molecule has 1 aromatic rings. The standard InChI is InChI=1S/C11H17BrN2OS/c1-7(11-13-6-10(12)16-11)14-8-2-4-9(15)5-3-8/h6-9,14-15H,2-5H2,1H3. The number of hydrogen-bond acceptors (Lipinski definition) is 4. The van der Waals surface area contributed by atoms with Gasteiger partial charge in [0, 0.05) is 6.04 Å². The van der Waals surface area contributed by atoms with Crippen LogP contribution in [0.2, 0.25) is 0 Å². The summed E-state index contributed by atoms with van der Waals surface area (Å²) < 4.78 is 1.08. The Balaban J connectivity index is 1.85. The summed E-state index contributed by atoms with van der Waals surface area (Å²) in [5, 5.41) is 14.1. The van der Waals surface area contributed by atoms with Crippen LogP contribution in [0.15, 0.2) is 9.98 Å². The molecule has 0 aromatic carbocycles. The summed E-state index contributed by atoms with van der Waals surface area (Å²) in [7, 11) is 0. The quantitative estimate of drug-likeness (QED) is 0.902. The van der Waals surface area contributed by atoms with Gasteiger partial charge in [0.2, 0.25) is 0 Å². The zero-order chi connectivity index (χ0) is 11.5. The molecule has 1 aliphatic carbocycles. The molecule has 2 rings (SSSR count). The number of aliphatic hydroxyl groups excluding tert-OH is 1. The van der Waals surface area contributed by atoms with Gasteiger partial charge >= 0.3 is 0 Å². The van der Waals surface area contributed by atoms with Gasteiger partial charge in [0.05, 0.1) is 22.1 Å². The van der Waals surface area contributed by atoms with Crippen molar-refractivity contribution in [2.75, 3.05) is 0 Å². The molecule has 0 amide bonds. The van der Waals surface area contributed by atoms with Crippen molar-refractivity contribution in [2.45, 2.75) is 50.8 Å². The Morgan fingerprint density at radius 1 is 1.50 bits per heavy atom. The van der Waals surface area contributed by atoms with Gasteiger partial charge in [0.1, 0.15) is 5.01 Å². The number of hydrogen-bond donors (Lipinski definition) is 2. The van der Waals surface area contributed by atoms with Gasteiger partial charge in [0.25, 0.3) is 0 Å². The third-order valence-electron chi connectivity index (χ3n) is 3.05. The second kappa shape index (κ2) is 5.58. The number of rotatable bonds is 3. The van der Waals surface area contributed by atoms with Crippen LogP contribution < -0.4 is 5.32 Å². The summed E-state index contributed by atoms with van der Waals surface area (Å²) in [6, 6.07) is 0.831. The zero-order valence-corrected chi connectivity index (χ0v) is 11.7. The molecule has 1 saturated carbocycles. The largest absolute Gasteiger partial charge is 0.393 e. The molecule has 16 heavy (non-hydrogen) atoms. The molecule has 0 saturated heterocycles. The first kappa shape index (κ1) is 12.5. The van der Waals surface area contributed by atoms with E-state index in [-0.39, 0.29) is 6.10 Å². The predicted octanol–water partition coefficient (Wildman–Crippen LogP) is 2.86. The van der Waals surface area contributed by atoms with Crippen LogP contribution in [0.1, 0.15) is 43.7 Å². The molecule has 5 heteroatoms. The fraction of sp³-hybridized carbons (Fsp3) is 0.727. The third-order valence-corrected chi connectivity index (χ3v) is 4.71. The summed E-state index contributed by atoms with van der Waals surface area (Å²) in [6.45, 7) is 2.15. The maximum Gasteiger partial charge on any atom is 0.110 e. The average molecular weight is 305 g/mol. The first-order valence-corrected chi connectivity index (χ1v) is 7.31. The molecule has 1 fully saturated rings. The molecule has 1 atom stereocenters. The van der Waals surface area contributed by atoms with E-state index in [2.05, 4.69) is 33.2 Å². The van der Waals surface area contributed by atoms with Crippen molar-refractivity contribution < 1.29 is 5.11 Å². The fourth-order valence-electron chi connectivity index (χ4n) is 2.13. The fourth-order valence-corrected chi connectivity index (χ4v) is 3.39. The van der Waals surface area contributed by atoms with Gasteiger partial charge in [-0.2, -0.15) is 0 Å². The lowest BCUT2D eigenvalue weighted by molar-refractivity contribution is 0.114. The summed E-state index contributed by atoms with van der Waals surface area (Å²) in [4.78, 5) is 4.36. The minimum Gasteiger partial charge on any atom is -0.393 e. The normalized spacial score (nSPS) is 27.9. The summed E-state index contributed by atoms with van der Waals surface area (Å²) in [6.07, 6.45) is 5.75. The molecule has 1 unspecified atom stereocenters. The van der Waals surface area contributed by atoms with E-state index in [0.717, 1.165) is 34.5 Å². The van der Waals surface area contributed by atoms with Crippen LogP contribution in [0.25, 0.3) is 0 Å². The first-order chi connectivity index (χ1) is 7.65. The highest BCUT2D eigenvalue weighted by Gasteiger charge is 2.21. The smallest absolute Gasteiger partial charge is 0.110 e. The van der Waals surface area contributed by atoms with Crippen molar-refractivity contribution in [3.8, 4) is 0 Å². The van der Waals surface area contributed by atoms with E-state index in [0.29, 0.717) is 12.1 Å². The second-order valence-corrected chi connectivity index (χ2v) is 6.84. The summed E-state index contributed by atoms with van der Waals surface area (Å²) >= 11 is 5.11. The Hall–Kier alpha value is 0.0300. The molecular formula is C11H17BrN2OS. The number of nitrogens with zero attached hydrogens (tertiary/aromatic N) is 1. The molecule has 1 aliphatic rings. The Labute approximate surface area is 108 Å². The molecular weight excluding hydrogens is 288 g/mol. The highest BCUT2D eigenvalue weighted by Crippen LogP contribution is 2.26. The van der Waals surface area contributed by atoms with Crippen LogP contribution in [0.5, 0.6) is 0 Å². The van der Waals surface area contributed by atoms with Crippen LogP contribution in [-0.2, 0) is 0 Å². The molecule has 0 spiro atoms. The van der Waals surface area contributed by atoms with Gasteiger partial charge in [-0.05, 0) is 48.5 Å². The first-order valence-electron chi connectivity index (χ1n) is 5.70. The van der Waals surface area contributed by atoms with E-state index in [1.165, 1.54) is 0 Å². The SMILES string of the molecule is CC(NC1CCC(O)CC1)c1ncc(Br)s1. The van der Waals surface area contributed by atoms with Crippen molar-refractivity contribution in [2.24, 2.45) is 0 Å². The number of nitrogens with one attached hydrogen (secondary N) is 1. The van der Waals surface area contributed by atoms with Crippen molar-refractivity contribution in [1.82, 2.24) is 10.3 Å². The molecule has 90 valence electrons. The van der Waals surface area contributed by atoms with Crippen molar-refractivity contribution in [3.05, 3.63) is 15.0 Å². The van der Waals surface area contributed by atoms with Crippen LogP contribution in [0.3, 0.4) is 0 Å². The topological polar surface area (TPSA) is 45.1 Å². The molecule has 1 aromatic heterocycles. The number of aromatic nitrogens is 1. The lowest BCUT2D eigenvalue weighted by Gasteiger charge is -2.28. The zero-order valence-electron chi connectivity index (χ0n) is 9.32. The maximum absolute atomic E-state index is 9.44. The summed E-state index contributed by atoms with van der Waals surface area (Å²) in [5.41, 5.74) is 0. The Morgan fingerprint density at radius 2 is 2.19 bits per heavy atom. The summed E-state index contributed by atoms with van der Waals surface area (Å²) in [5.74, 6) is 0. The molecule has 0 radical (unpaired) electrons. The van der Waals surface area contributed by atoms with E-state index in [1.54, 1.807) is 11.3 Å². The van der Waals surface area contributed by atoms with E-state index in [1.807, 2.05) is 6.20 Å². The van der Waals surface area contributed by atoms with Gasteiger partial charge in [-0.25, -0.2) is 4.98 Å². The van der Waals surface area contributed by atoms with E-state index < -0.39 is 0 Å². The number of thiazole rings is 1.